The topological polar surface area (TPSA) is 90.8 Å². The molecule has 0 saturated carbocycles. The Kier molecular flexibility index (Phi) is 6.37. The van der Waals surface area contributed by atoms with Crippen LogP contribution in [0.15, 0.2) is 42.7 Å². The molecule has 0 spiro atoms. The lowest BCUT2D eigenvalue weighted by atomic mass is 10.0. The molecule has 0 aliphatic heterocycles. The van der Waals surface area contributed by atoms with Gasteiger partial charge in [-0.3, -0.25) is 0 Å². The Hall–Kier alpha value is -3.39. The molecule has 0 aliphatic carbocycles. The van der Waals surface area contributed by atoms with Gasteiger partial charge in [0.05, 0.1) is 25.0 Å². The summed E-state index contributed by atoms with van der Waals surface area (Å²) in [7, 11) is 1.42. The lowest BCUT2D eigenvalue weighted by Crippen LogP contribution is -2.07. The predicted octanol–water partition coefficient (Wildman–Crippen LogP) is 5.22. The van der Waals surface area contributed by atoms with Crippen LogP contribution in [0.5, 0.6) is 23.3 Å². The fourth-order valence-corrected chi connectivity index (χ4v) is 2.87. The van der Waals surface area contributed by atoms with Crippen LogP contribution < -0.4 is 14.2 Å². The summed E-state index contributed by atoms with van der Waals surface area (Å²) in [5.41, 5.74) is 0.189. The molecule has 1 N–H and O–H groups in total. The van der Waals surface area contributed by atoms with Gasteiger partial charge in [-0.1, -0.05) is 11.6 Å². The molecule has 0 radical (unpaired) electrons. The minimum Gasteiger partial charge on any atom is -0.481 e. The summed E-state index contributed by atoms with van der Waals surface area (Å²) >= 11 is 6.19. The Morgan fingerprint density at radius 1 is 1.17 bits per heavy atom. The van der Waals surface area contributed by atoms with E-state index in [9.17, 15) is 14.3 Å². The molecule has 7 nitrogen and oxygen atoms in total. The number of rotatable bonds is 7. The van der Waals surface area contributed by atoms with Gasteiger partial charge in [-0.25, -0.2) is 19.2 Å². The van der Waals surface area contributed by atoms with Gasteiger partial charge in [-0.2, -0.15) is 0 Å². The van der Waals surface area contributed by atoms with Crippen LogP contribution >= 0.6 is 11.6 Å². The highest BCUT2D eigenvalue weighted by Crippen LogP contribution is 2.39. The number of carbonyl (C=O) groups is 1. The van der Waals surface area contributed by atoms with Gasteiger partial charge in [0.15, 0.2) is 0 Å². The Morgan fingerprint density at radius 3 is 2.57 bits per heavy atom. The van der Waals surface area contributed by atoms with Crippen LogP contribution in [-0.2, 0) is 0 Å². The molecule has 0 aliphatic rings. The fourth-order valence-electron chi connectivity index (χ4n) is 2.67. The van der Waals surface area contributed by atoms with E-state index in [0.29, 0.717) is 5.56 Å². The number of benzene rings is 1. The van der Waals surface area contributed by atoms with Gasteiger partial charge in [0, 0.05) is 29.5 Å². The van der Waals surface area contributed by atoms with Crippen LogP contribution in [0.1, 0.15) is 24.2 Å². The highest BCUT2D eigenvalue weighted by molar-refractivity contribution is 6.31. The van der Waals surface area contributed by atoms with Crippen molar-refractivity contribution in [2.45, 2.75) is 20.0 Å². The molecule has 156 valence electrons. The van der Waals surface area contributed by atoms with Crippen molar-refractivity contribution in [3.05, 3.63) is 59.1 Å². The number of methoxy groups -OCH3 is 1. The summed E-state index contributed by atoms with van der Waals surface area (Å²) in [4.78, 5) is 19.6. The summed E-state index contributed by atoms with van der Waals surface area (Å²) in [5, 5.41) is 9.53. The molecule has 3 rings (SSSR count). The number of nitrogens with zero attached hydrogens (tertiary/aromatic N) is 2. The second-order valence-electron chi connectivity index (χ2n) is 6.42. The van der Waals surface area contributed by atoms with E-state index in [-0.39, 0.29) is 39.9 Å². The van der Waals surface area contributed by atoms with Crippen molar-refractivity contribution in [3.63, 3.8) is 0 Å². The average molecular weight is 433 g/mol. The van der Waals surface area contributed by atoms with Crippen LogP contribution in [-0.4, -0.2) is 34.3 Å². The summed E-state index contributed by atoms with van der Waals surface area (Å²) in [6, 6.07) is 6.92. The Bertz CT molecular complexity index is 1090. The summed E-state index contributed by atoms with van der Waals surface area (Å²) in [5.74, 6) is -1.66. The fraction of sp³-hybridized carbons (Fsp3) is 0.190. The van der Waals surface area contributed by atoms with Crippen LogP contribution in [0.25, 0.3) is 11.1 Å². The molecule has 0 bridgehead atoms. The third-order valence-corrected chi connectivity index (χ3v) is 4.18. The van der Waals surface area contributed by atoms with Crippen molar-refractivity contribution in [1.29, 1.82) is 0 Å². The molecule has 3 aromatic rings. The second kappa shape index (κ2) is 8.96. The number of carboxylic acid groups (broad SMARTS) is 1. The largest absolute Gasteiger partial charge is 0.481 e. The lowest BCUT2D eigenvalue weighted by molar-refractivity contribution is 0.0692. The molecule has 9 heteroatoms. The van der Waals surface area contributed by atoms with Crippen molar-refractivity contribution in [2.24, 2.45) is 0 Å². The molecule has 2 heterocycles. The molecule has 0 fully saturated rings. The first-order valence-corrected chi connectivity index (χ1v) is 9.24. The van der Waals surface area contributed by atoms with Crippen LogP contribution in [0.2, 0.25) is 5.02 Å². The first kappa shape index (κ1) is 21.3. The predicted molar refractivity (Wildman–Crippen MR) is 108 cm³/mol. The first-order chi connectivity index (χ1) is 14.3. The molecule has 30 heavy (non-hydrogen) atoms. The van der Waals surface area contributed by atoms with E-state index in [4.69, 9.17) is 25.8 Å². The Labute approximate surface area is 177 Å². The van der Waals surface area contributed by atoms with Gasteiger partial charge in [-0.05, 0) is 32.0 Å². The maximum absolute atomic E-state index is 14.4. The van der Waals surface area contributed by atoms with Crippen molar-refractivity contribution < 1.29 is 28.5 Å². The van der Waals surface area contributed by atoms with E-state index in [1.54, 1.807) is 12.1 Å². The summed E-state index contributed by atoms with van der Waals surface area (Å²) < 4.78 is 30.9. The molecule has 2 aromatic heterocycles. The standard InChI is InChI=1S/C21H18ClFN2O5/c1-11(2)29-20-16(22)7-12(10-25-20)30-18-9-17(23)15(21(26)27)8-14(18)13-5-4-6-24-19(13)28-3/h4-11H,1-3H3,(H,26,27). The Morgan fingerprint density at radius 2 is 1.93 bits per heavy atom. The van der Waals surface area contributed by atoms with Crippen LogP contribution in [0.3, 0.4) is 0 Å². The van der Waals surface area contributed by atoms with E-state index in [1.807, 2.05) is 13.8 Å². The van der Waals surface area contributed by atoms with Crippen molar-refractivity contribution in [1.82, 2.24) is 9.97 Å². The molecule has 1 aromatic carbocycles. The van der Waals surface area contributed by atoms with Gasteiger partial charge in [0.2, 0.25) is 11.8 Å². The highest BCUT2D eigenvalue weighted by Gasteiger charge is 2.21. The minimum absolute atomic E-state index is 0.0409. The van der Waals surface area contributed by atoms with Gasteiger partial charge in [0.25, 0.3) is 0 Å². The highest BCUT2D eigenvalue weighted by atomic mass is 35.5. The number of hydrogen-bond acceptors (Lipinski definition) is 6. The maximum Gasteiger partial charge on any atom is 0.338 e. The van der Waals surface area contributed by atoms with Gasteiger partial charge in [-0.15, -0.1) is 0 Å². The Balaban J connectivity index is 2.09. The van der Waals surface area contributed by atoms with E-state index in [0.717, 1.165) is 12.1 Å². The number of aromatic carboxylic acids is 1. The van der Waals surface area contributed by atoms with Crippen molar-refractivity contribution in [3.8, 4) is 34.4 Å². The van der Waals surface area contributed by atoms with Crippen molar-refractivity contribution >= 4 is 17.6 Å². The quantitative estimate of drug-likeness (QED) is 0.547. The zero-order valence-electron chi connectivity index (χ0n) is 16.3. The SMILES string of the molecule is COc1ncccc1-c1cc(C(=O)O)c(F)cc1Oc1cnc(OC(C)C)c(Cl)c1. The number of halogens is 2. The molecule has 0 saturated heterocycles. The van der Waals surface area contributed by atoms with Crippen LogP contribution in [0.4, 0.5) is 4.39 Å². The molecule has 0 unspecified atom stereocenters. The van der Waals surface area contributed by atoms with E-state index >= 15 is 0 Å². The van der Waals surface area contributed by atoms with E-state index in [1.165, 1.54) is 25.6 Å². The minimum atomic E-state index is -1.41. The number of pyridine rings is 2. The first-order valence-electron chi connectivity index (χ1n) is 8.86. The van der Waals surface area contributed by atoms with Gasteiger partial charge >= 0.3 is 5.97 Å². The summed E-state index contributed by atoms with van der Waals surface area (Å²) in [6.45, 7) is 3.67. The van der Waals surface area contributed by atoms with Crippen molar-refractivity contribution in [2.75, 3.05) is 7.11 Å². The number of ether oxygens (including phenoxy) is 3. The molecular formula is C21H18ClFN2O5. The summed E-state index contributed by atoms with van der Waals surface area (Å²) in [6.07, 6.45) is 2.77. The zero-order chi connectivity index (χ0) is 21.8. The van der Waals surface area contributed by atoms with E-state index < -0.39 is 17.3 Å². The molecular weight excluding hydrogens is 415 g/mol. The second-order valence-corrected chi connectivity index (χ2v) is 6.83. The van der Waals surface area contributed by atoms with Gasteiger partial charge < -0.3 is 19.3 Å². The zero-order valence-corrected chi connectivity index (χ0v) is 17.1. The third kappa shape index (κ3) is 4.60. The number of aromatic nitrogens is 2. The molecule has 0 atom stereocenters. The smallest absolute Gasteiger partial charge is 0.338 e. The van der Waals surface area contributed by atoms with Crippen LogP contribution in [0, 0.1) is 5.82 Å². The maximum atomic E-state index is 14.4. The number of hydrogen-bond donors (Lipinski definition) is 1. The van der Waals surface area contributed by atoms with E-state index in [2.05, 4.69) is 9.97 Å². The number of carboxylic acids is 1. The molecule has 0 amide bonds. The third-order valence-electron chi connectivity index (χ3n) is 3.91. The normalized spacial score (nSPS) is 10.7. The lowest BCUT2D eigenvalue weighted by Gasteiger charge is -2.15. The monoisotopic (exact) mass is 432 g/mol. The van der Waals surface area contributed by atoms with Gasteiger partial charge in [0.1, 0.15) is 22.3 Å². The average Bonchev–Trinajstić information content (AvgIpc) is 2.69.